The van der Waals surface area contributed by atoms with Crippen molar-refractivity contribution in [1.82, 2.24) is 10.2 Å². The largest absolute Gasteiger partial charge is 0.465 e. The molecule has 2 fully saturated rings. The van der Waals surface area contributed by atoms with E-state index in [1.807, 2.05) is 6.26 Å². The highest BCUT2D eigenvalue weighted by Crippen LogP contribution is 2.50. The number of hydrogen-bond acceptors (Lipinski definition) is 6. The van der Waals surface area contributed by atoms with E-state index in [0.717, 1.165) is 4.90 Å². The maximum Gasteiger partial charge on any atom is 0.327 e. The summed E-state index contributed by atoms with van der Waals surface area (Å²) in [5, 5.41) is 3.23. The van der Waals surface area contributed by atoms with E-state index in [-0.39, 0.29) is 12.5 Å². The van der Waals surface area contributed by atoms with Crippen molar-refractivity contribution >= 4 is 29.5 Å². The summed E-state index contributed by atoms with van der Waals surface area (Å²) >= 11 is 1.54. The molecule has 2 saturated heterocycles. The van der Waals surface area contributed by atoms with Crippen LogP contribution < -0.4 is 5.32 Å². The Kier molecular flexibility index (Phi) is 5.58. The zero-order chi connectivity index (χ0) is 19.8. The van der Waals surface area contributed by atoms with Gasteiger partial charge in [0.2, 0.25) is 11.8 Å². The average molecular weight is 394 g/mol. The minimum Gasteiger partial charge on any atom is -0.465 e. The Balaban J connectivity index is 2.12. The molecule has 27 heavy (non-hydrogen) atoms. The third-order valence-electron chi connectivity index (χ3n) is 5.42. The molecule has 0 radical (unpaired) electrons. The van der Waals surface area contributed by atoms with Crippen LogP contribution in [0.25, 0.3) is 0 Å². The average Bonchev–Trinajstić information content (AvgIpc) is 3.11. The number of benzene rings is 1. The van der Waals surface area contributed by atoms with Gasteiger partial charge >= 0.3 is 5.97 Å². The van der Waals surface area contributed by atoms with Crippen LogP contribution in [0.2, 0.25) is 0 Å². The Morgan fingerprint density at radius 1 is 1.37 bits per heavy atom. The maximum atomic E-state index is 13.8. The van der Waals surface area contributed by atoms with Gasteiger partial charge in [0, 0.05) is 13.1 Å². The lowest BCUT2D eigenvalue weighted by molar-refractivity contribution is -0.156. The summed E-state index contributed by atoms with van der Waals surface area (Å²) in [7, 11) is 1.43. The van der Waals surface area contributed by atoms with Crippen molar-refractivity contribution in [3.8, 4) is 0 Å². The molecule has 4 unspecified atom stereocenters. The molecule has 2 aliphatic rings. The fraction of sp³-hybridized carbons (Fsp3) is 0.526. The lowest BCUT2D eigenvalue weighted by Gasteiger charge is -2.32. The Bertz CT molecular complexity index is 774. The Morgan fingerprint density at radius 3 is 2.74 bits per heavy atom. The number of esters is 1. The number of hydrogen-bond donors (Lipinski definition) is 1. The molecule has 6 nitrogen and oxygen atoms in total. The molecule has 2 aliphatic heterocycles. The van der Waals surface area contributed by atoms with Crippen LogP contribution in [-0.2, 0) is 19.1 Å². The van der Waals surface area contributed by atoms with E-state index < -0.39 is 41.1 Å². The molecule has 2 heterocycles. The van der Waals surface area contributed by atoms with Gasteiger partial charge in [-0.15, -0.1) is 0 Å². The number of imide groups is 1. The molecule has 0 saturated carbocycles. The van der Waals surface area contributed by atoms with Gasteiger partial charge in [0.1, 0.15) is 11.4 Å². The van der Waals surface area contributed by atoms with Gasteiger partial charge in [-0.2, -0.15) is 11.8 Å². The molecule has 1 aromatic rings. The number of amides is 2. The summed E-state index contributed by atoms with van der Waals surface area (Å²) in [6.45, 7) is 1.87. The van der Waals surface area contributed by atoms with Crippen molar-refractivity contribution < 1.29 is 23.5 Å². The molecule has 0 aliphatic carbocycles. The van der Waals surface area contributed by atoms with E-state index in [1.54, 1.807) is 30.8 Å². The summed E-state index contributed by atoms with van der Waals surface area (Å²) in [5.41, 5.74) is -0.769. The second-order valence-corrected chi connectivity index (χ2v) is 7.84. The number of nitrogens with one attached hydrogen (secondary N) is 1. The quantitative estimate of drug-likeness (QED) is 0.585. The molecule has 1 aromatic carbocycles. The SMILES string of the molecule is CCOC(=O)C1(CCSC)NC(c2cccc(F)c2)C2C(=O)N(C)C(=O)C21. The van der Waals surface area contributed by atoms with Crippen molar-refractivity contribution in [3.63, 3.8) is 0 Å². The zero-order valence-corrected chi connectivity index (χ0v) is 16.3. The van der Waals surface area contributed by atoms with Gasteiger partial charge in [-0.05, 0) is 43.0 Å². The van der Waals surface area contributed by atoms with Gasteiger partial charge in [0.15, 0.2) is 0 Å². The first-order valence-electron chi connectivity index (χ1n) is 8.88. The molecular weight excluding hydrogens is 371 g/mol. The number of ether oxygens (including phenoxy) is 1. The number of halogens is 1. The highest BCUT2D eigenvalue weighted by molar-refractivity contribution is 7.98. The summed E-state index contributed by atoms with van der Waals surface area (Å²) in [4.78, 5) is 39.8. The van der Waals surface area contributed by atoms with E-state index in [0.29, 0.717) is 17.7 Å². The van der Waals surface area contributed by atoms with Crippen molar-refractivity contribution in [1.29, 1.82) is 0 Å². The summed E-state index contributed by atoms with van der Waals surface area (Å²) < 4.78 is 19.1. The van der Waals surface area contributed by atoms with Crippen LogP contribution in [0.4, 0.5) is 4.39 Å². The lowest BCUT2D eigenvalue weighted by atomic mass is 9.78. The molecule has 4 atom stereocenters. The first kappa shape index (κ1) is 19.8. The van der Waals surface area contributed by atoms with Crippen LogP contribution in [0.1, 0.15) is 24.9 Å². The second-order valence-electron chi connectivity index (χ2n) is 6.85. The van der Waals surface area contributed by atoms with E-state index in [2.05, 4.69) is 5.32 Å². The van der Waals surface area contributed by atoms with Crippen molar-refractivity contribution in [3.05, 3.63) is 35.6 Å². The van der Waals surface area contributed by atoms with E-state index in [4.69, 9.17) is 4.74 Å². The van der Waals surface area contributed by atoms with Gasteiger partial charge in [0.25, 0.3) is 0 Å². The summed E-state index contributed by atoms with van der Waals surface area (Å²) in [6, 6.07) is 5.26. The summed E-state index contributed by atoms with van der Waals surface area (Å²) in [6.07, 6.45) is 2.25. The van der Waals surface area contributed by atoms with Gasteiger partial charge in [-0.25, -0.2) is 4.39 Å². The Hall–Kier alpha value is -1.93. The molecule has 8 heteroatoms. The number of thioether (sulfide) groups is 1. The first-order valence-corrected chi connectivity index (χ1v) is 10.3. The molecule has 0 spiro atoms. The predicted molar refractivity (Wildman–Crippen MR) is 99.4 cm³/mol. The number of fused-ring (bicyclic) bond motifs is 1. The van der Waals surface area contributed by atoms with Crippen molar-refractivity contribution in [2.24, 2.45) is 11.8 Å². The van der Waals surface area contributed by atoms with E-state index in [1.165, 1.54) is 19.2 Å². The lowest BCUT2D eigenvalue weighted by Crippen LogP contribution is -2.56. The number of likely N-dealkylation sites (tertiary alicyclic amines) is 1. The predicted octanol–water partition coefficient (Wildman–Crippen LogP) is 1.76. The summed E-state index contributed by atoms with van der Waals surface area (Å²) in [5.74, 6) is -2.76. The number of carbonyl (C=O) groups excluding carboxylic acids is 3. The van der Waals surface area contributed by atoms with Gasteiger partial charge in [0.05, 0.1) is 18.4 Å². The van der Waals surface area contributed by atoms with Crippen molar-refractivity contribution in [2.45, 2.75) is 24.9 Å². The van der Waals surface area contributed by atoms with Crippen LogP contribution >= 0.6 is 11.8 Å². The molecule has 2 amide bonds. The van der Waals surface area contributed by atoms with Gasteiger partial charge < -0.3 is 4.74 Å². The van der Waals surface area contributed by atoms with E-state index in [9.17, 15) is 18.8 Å². The van der Waals surface area contributed by atoms with Crippen LogP contribution in [0.15, 0.2) is 24.3 Å². The Labute approximate surface area is 161 Å². The first-order chi connectivity index (χ1) is 12.9. The second kappa shape index (κ2) is 7.59. The fourth-order valence-corrected chi connectivity index (χ4v) is 4.70. The van der Waals surface area contributed by atoms with Gasteiger partial charge in [-0.3, -0.25) is 24.6 Å². The third-order valence-corrected chi connectivity index (χ3v) is 6.03. The normalized spacial score (nSPS) is 29.9. The molecule has 0 aromatic heterocycles. The fourth-order valence-electron chi connectivity index (χ4n) is 4.18. The van der Waals surface area contributed by atoms with Gasteiger partial charge in [-0.1, -0.05) is 12.1 Å². The number of carbonyl (C=O) groups is 3. The molecule has 146 valence electrons. The zero-order valence-electron chi connectivity index (χ0n) is 15.5. The smallest absolute Gasteiger partial charge is 0.327 e. The maximum absolute atomic E-state index is 13.8. The minimum absolute atomic E-state index is 0.168. The third kappa shape index (κ3) is 3.14. The molecule has 3 rings (SSSR count). The Morgan fingerprint density at radius 2 is 2.11 bits per heavy atom. The highest BCUT2D eigenvalue weighted by Gasteiger charge is 2.67. The minimum atomic E-state index is -1.31. The number of nitrogens with zero attached hydrogens (tertiary/aromatic N) is 1. The molecular formula is C19H23FN2O4S. The monoisotopic (exact) mass is 394 g/mol. The molecule has 1 N–H and O–H groups in total. The van der Waals surface area contributed by atoms with Crippen LogP contribution in [0.3, 0.4) is 0 Å². The van der Waals surface area contributed by atoms with E-state index >= 15 is 0 Å². The topological polar surface area (TPSA) is 75.7 Å². The van der Waals surface area contributed by atoms with Crippen LogP contribution in [0, 0.1) is 17.7 Å². The number of rotatable bonds is 6. The molecule has 0 bridgehead atoms. The van der Waals surface area contributed by atoms with Crippen LogP contribution in [-0.4, -0.2) is 53.9 Å². The highest BCUT2D eigenvalue weighted by atomic mass is 32.2. The van der Waals surface area contributed by atoms with Crippen LogP contribution in [0.5, 0.6) is 0 Å². The standard InChI is InChI=1S/C19H23FN2O4S/c1-4-26-18(25)19(8-9-27-3)14-13(16(23)22(2)17(14)24)15(21-19)11-6-5-7-12(20)10-11/h5-7,10,13-15,21H,4,8-9H2,1-3H3. The van der Waals surface area contributed by atoms with Crippen molar-refractivity contribution in [2.75, 3.05) is 25.7 Å².